The maximum Gasteiger partial charge on any atom is 0.228 e. The van der Waals surface area contributed by atoms with Crippen LogP contribution in [0.5, 0.6) is 5.75 Å². The molecule has 2 N–H and O–H groups in total. The van der Waals surface area contributed by atoms with Crippen molar-refractivity contribution in [2.75, 3.05) is 10.6 Å². The van der Waals surface area contributed by atoms with Crippen molar-refractivity contribution in [3.63, 3.8) is 0 Å². The number of hydrogen-bond donors (Lipinski definition) is 2. The Labute approximate surface area is 166 Å². The third-order valence-electron chi connectivity index (χ3n) is 4.80. The molecule has 0 saturated heterocycles. The van der Waals surface area contributed by atoms with Crippen LogP contribution in [0.2, 0.25) is 0 Å². The van der Waals surface area contributed by atoms with Gasteiger partial charge in [-0.25, -0.2) is 0 Å². The number of carbonyl (C=O) groups excluding carboxylic acids is 2. The molecule has 1 aliphatic carbocycles. The summed E-state index contributed by atoms with van der Waals surface area (Å²) in [6, 6.07) is 15.1. The van der Waals surface area contributed by atoms with Gasteiger partial charge in [0.05, 0.1) is 17.9 Å². The van der Waals surface area contributed by atoms with Crippen molar-refractivity contribution in [2.45, 2.75) is 46.1 Å². The molecular formula is C23H28N2O3. The van der Waals surface area contributed by atoms with Gasteiger partial charge in [-0.2, -0.15) is 0 Å². The Morgan fingerprint density at radius 3 is 2.11 bits per heavy atom. The normalized spacial score (nSPS) is 18.1. The average Bonchev–Trinajstić information content (AvgIpc) is 3.44. The van der Waals surface area contributed by atoms with Crippen molar-refractivity contribution < 1.29 is 14.3 Å². The third-order valence-corrected chi connectivity index (χ3v) is 4.80. The number of carbonyl (C=O) groups is 2. The Morgan fingerprint density at radius 1 is 0.893 bits per heavy atom. The Bertz CT molecular complexity index is 843. The van der Waals surface area contributed by atoms with E-state index in [0.717, 1.165) is 17.0 Å². The molecule has 2 atom stereocenters. The molecule has 1 fully saturated rings. The molecule has 0 aliphatic heterocycles. The van der Waals surface area contributed by atoms with E-state index in [2.05, 4.69) is 24.5 Å². The Morgan fingerprint density at radius 2 is 1.50 bits per heavy atom. The summed E-state index contributed by atoms with van der Waals surface area (Å²) in [5.41, 5.74) is 2.63. The quantitative estimate of drug-likeness (QED) is 0.724. The van der Waals surface area contributed by atoms with E-state index in [0.29, 0.717) is 18.0 Å². The van der Waals surface area contributed by atoms with Gasteiger partial charge >= 0.3 is 0 Å². The van der Waals surface area contributed by atoms with Crippen LogP contribution in [0.3, 0.4) is 0 Å². The fourth-order valence-corrected chi connectivity index (χ4v) is 3.24. The van der Waals surface area contributed by atoms with Gasteiger partial charge in [-0.05, 0) is 62.1 Å². The van der Waals surface area contributed by atoms with Crippen LogP contribution >= 0.6 is 0 Å². The van der Waals surface area contributed by atoms with Crippen molar-refractivity contribution in [2.24, 2.45) is 11.8 Å². The minimum atomic E-state index is -0.280. The zero-order valence-electron chi connectivity index (χ0n) is 16.9. The highest BCUT2D eigenvalue weighted by molar-refractivity contribution is 6.03. The summed E-state index contributed by atoms with van der Waals surface area (Å²) < 4.78 is 5.60. The summed E-state index contributed by atoms with van der Waals surface area (Å²) in [4.78, 5) is 25.0. The monoisotopic (exact) mass is 380 g/mol. The highest BCUT2D eigenvalue weighted by atomic mass is 16.5. The topological polar surface area (TPSA) is 67.4 Å². The van der Waals surface area contributed by atoms with E-state index in [1.54, 1.807) is 0 Å². The maximum atomic E-state index is 12.6. The summed E-state index contributed by atoms with van der Waals surface area (Å²) in [5.74, 6) is 0.322. The molecule has 3 rings (SSSR count). The zero-order chi connectivity index (χ0) is 20.3. The van der Waals surface area contributed by atoms with Gasteiger partial charge in [0, 0.05) is 11.4 Å². The molecule has 2 unspecified atom stereocenters. The highest BCUT2D eigenvalue weighted by Gasteiger charge is 2.48. The smallest absolute Gasteiger partial charge is 0.228 e. The van der Waals surface area contributed by atoms with Gasteiger partial charge < -0.3 is 15.4 Å². The molecule has 1 saturated carbocycles. The lowest BCUT2D eigenvalue weighted by molar-refractivity contribution is -0.122. The number of hydrogen-bond acceptors (Lipinski definition) is 3. The molecule has 148 valence electrons. The first-order valence-corrected chi connectivity index (χ1v) is 9.82. The fraction of sp³-hybridized carbons (Fsp3) is 0.391. The predicted octanol–water partition coefficient (Wildman–Crippen LogP) is 4.81. The number of amides is 2. The van der Waals surface area contributed by atoms with Gasteiger partial charge in [-0.1, -0.05) is 32.0 Å². The van der Waals surface area contributed by atoms with Crippen LogP contribution in [0.4, 0.5) is 11.4 Å². The van der Waals surface area contributed by atoms with Gasteiger partial charge in [-0.3, -0.25) is 9.59 Å². The van der Waals surface area contributed by atoms with E-state index in [-0.39, 0.29) is 29.8 Å². The molecule has 1 aliphatic rings. The molecule has 2 amide bonds. The Hall–Kier alpha value is -2.82. The SMILES string of the molecule is CC(C)Oc1ccc(NC(=O)C2CC2C(=O)Nc2ccccc2C(C)C)cc1. The van der Waals surface area contributed by atoms with E-state index in [1.807, 2.05) is 62.4 Å². The molecule has 0 heterocycles. The summed E-state index contributed by atoms with van der Waals surface area (Å²) in [6.07, 6.45) is 0.683. The highest BCUT2D eigenvalue weighted by Crippen LogP contribution is 2.40. The van der Waals surface area contributed by atoms with Crippen molar-refractivity contribution in [1.82, 2.24) is 0 Å². The molecule has 0 bridgehead atoms. The summed E-state index contributed by atoms with van der Waals surface area (Å²) in [7, 11) is 0. The third kappa shape index (κ3) is 4.91. The predicted molar refractivity (Wildman–Crippen MR) is 112 cm³/mol. The van der Waals surface area contributed by atoms with Crippen LogP contribution in [-0.2, 0) is 9.59 Å². The zero-order valence-corrected chi connectivity index (χ0v) is 16.9. The first-order valence-electron chi connectivity index (χ1n) is 9.82. The summed E-state index contributed by atoms with van der Waals surface area (Å²) in [6.45, 7) is 8.12. The molecule has 0 radical (unpaired) electrons. The number of rotatable bonds is 7. The fourth-order valence-electron chi connectivity index (χ4n) is 3.24. The van der Waals surface area contributed by atoms with E-state index in [9.17, 15) is 9.59 Å². The molecular weight excluding hydrogens is 352 g/mol. The summed E-state index contributed by atoms with van der Waals surface area (Å²) >= 11 is 0. The van der Waals surface area contributed by atoms with Crippen molar-refractivity contribution in [3.05, 3.63) is 54.1 Å². The maximum absolute atomic E-state index is 12.6. The average molecular weight is 380 g/mol. The first-order chi connectivity index (χ1) is 13.3. The molecule has 0 spiro atoms. The lowest BCUT2D eigenvalue weighted by Crippen LogP contribution is -2.21. The second-order valence-electron chi connectivity index (χ2n) is 7.86. The largest absolute Gasteiger partial charge is 0.491 e. The van der Waals surface area contributed by atoms with Gasteiger partial charge in [0.15, 0.2) is 0 Å². The lowest BCUT2D eigenvalue weighted by Gasteiger charge is -2.13. The van der Waals surface area contributed by atoms with Crippen molar-refractivity contribution in [1.29, 1.82) is 0 Å². The Kier molecular flexibility index (Phi) is 6.02. The minimum Gasteiger partial charge on any atom is -0.491 e. The van der Waals surface area contributed by atoms with Crippen LogP contribution in [-0.4, -0.2) is 17.9 Å². The van der Waals surface area contributed by atoms with Gasteiger partial charge in [0.1, 0.15) is 5.75 Å². The van der Waals surface area contributed by atoms with Crippen LogP contribution in [0, 0.1) is 11.8 Å². The molecule has 0 aromatic heterocycles. The number of benzene rings is 2. The van der Waals surface area contributed by atoms with E-state index >= 15 is 0 Å². The van der Waals surface area contributed by atoms with Gasteiger partial charge in [0.2, 0.25) is 11.8 Å². The molecule has 2 aromatic rings. The van der Waals surface area contributed by atoms with E-state index in [1.165, 1.54) is 0 Å². The van der Waals surface area contributed by atoms with Crippen LogP contribution in [0.25, 0.3) is 0 Å². The Balaban J connectivity index is 1.55. The molecule has 5 heteroatoms. The second-order valence-corrected chi connectivity index (χ2v) is 7.86. The minimum absolute atomic E-state index is 0.0890. The van der Waals surface area contributed by atoms with Crippen LogP contribution < -0.4 is 15.4 Å². The molecule has 5 nitrogen and oxygen atoms in total. The van der Waals surface area contributed by atoms with Gasteiger partial charge in [0.25, 0.3) is 0 Å². The van der Waals surface area contributed by atoms with E-state index in [4.69, 9.17) is 4.74 Å². The number of nitrogens with one attached hydrogen (secondary N) is 2. The number of ether oxygens (including phenoxy) is 1. The lowest BCUT2D eigenvalue weighted by atomic mass is 10.0. The van der Waals surface area contributed by atoms with Crippen molar-refractivity contribution in [3.8, 4) is 5.75 Å². The molecule has 2 aromatic carbocycles. The van der Waals surface area contributed by atoms with Crippen molar-refractivity contribution >= 4 is 23.2 Å². The first kappa shape index (κ1) is 19.9. The van der Waals surface area contributed by atoms with E-state index < -0.39 is 0 Å². The molecule has 28 heavy (non-hydrogen) atoms. The number of anilines is 2. The number of para-hydroxylation sites is 1. The van der Waals surface area contributed by atoms with Crippen LogP contribution in [0.15, 0.2) is 48.5 Å². The van der Waals surface area contributed by atoms with Gasteiger partial charge in [-0.15, -0.1) is 0 Å². The standard InChI is InChI=1S/C23H28N2O3/c1-14(2)18-7-5-6-8-21(18)25-23(27)20-13-19(20)22(26)24-16-9-11-17(12-10-16)28-15(3)4/h5-12,14-15,19-20H,13H2,1-4H3,(H,24,26)(H,25,27). The second kappa shape index (κ2) is 8.46. The summed E-state index contributed by atoms with van der Waals surface area (Å²) in [5, 5.41) is 5.88. The van der Waals surface area contributed by atoms with Crippen LogP contribution in [0.1, 0.15) is 45.6 Å².